The van der Waals surface area contributed by atoms with Gasteiger partial charge >= 0.3 is 0 Å². The van der Waals surface area contributed by atoms with Crippen LogP contribution in [0.15, 0.2) is 24.3 Å². The summed E-state index contributed by atoms with van der Waals surface area (Å²) in [4.78, 5) is 0. The van der Waals surface area contributed by atoms with Crippen molar-refractivity contribution in [3.8, 4) is 5.75 Å². The van der Waals surface area contributed by atoms with Crippen LogP contribution in [0.5, 0.6) is 5.75 Å². The standard InChI is InChI=1S/C12H18O3/c1-2-11(14)9-15-12-5-3-10(4-6-12)7-8-13/h3-6,11,13-14H,2,7-9H2,1H3. The summed E-state index contributed by atoms with van der Waals surface area (Å²) in [7, 11) is 0. The number of ether oxygens (including phenoxy) is 1. The Labute approximate surface area is 90.3 Å². The van der Waals surface area contributed by atoms with Crippen molar-refractivity contribution in [3.05, 3.63) is 29.8 Å². The number of benzene rings is 1. The van der Waals surface area contributed by atoms with E-state index in [4.69, 9.17) is 9.84 Å². The van der Waals surface area contributed by atoms with Gasteiger partial charge in [-0.25, -0.2) is 0 Å². The van der Waals surface area contributed by atoms with E-state index in [-0.39, 0.29) is 6.61 Å². The number of hydrogen-bond donors (Lipinski definition) is 2. The predicted octanol–water partition coefficient (Wildman–Crippen LogP) is 1.37. The predicted molar refractivity (Wildman–Crippen MR) is 59.0 cm³/mol. The lowest BCUT2D eigenvalue weighted by Crippen LogP contribution is -2.15. The molecule has 1 aromatic rings. The lowest BCUT2D eigenvalue weighted by atomic mass is 10.1. The van der Waals surface area contributed by atoms with E-state index in [0.717, 1.165) is 11.3 Å². The van der Waals surface area contributed by atoms with E-state index in [0.29, 0.717) is 19.4 Å². The molecule has 15 heavy (non-hydrogen) atoms. The minimum Gasteiger partial charge on any atom is -0.491 e. The molecular weight excluding hydrogens is 192 g/mol. The molecule has 0 bridgehead atoms. The number of aliphatic hydroxyl groups is 2. The minimum atomic E-state index is -0.401. The summed E-state index contributed by atoms with van der Waals surface area (Å²) < 4.78 is 5.38. The van der Waals surface area contributed by atoms with Crippen LogP contribution in [0.25, 0.3) is 0 Å². The lowest BCUT2D eigenvalue weighted by molar-refractivity contribution is 0.104. The van der Waals surface area contributed by atoms with E-state index in [9.17, 15) is 5.11 Å². The number of aliphatic hydroxyl groups excluding tert-OH is 2. The largest absolute Gasteiger partial charge is 0.491 e. The van der Waals surface area contributed by atoms with Gasteiger partial charge in [-0.2, -0.15) is 0 Å². The van der Waals surface area contributed by atoms with Crippen LogP contribution in [-0.4, -0.2) is 29.5 Å². The third-order valence-electron chi connectivity index (χ3n) is 2.24. The Morgan fingerprint density at radius 1 is 1.27 bits per heavy atom. The van der Waals surface area contributed by atoms with Crippen molar-refractivity contribution in [1.29, 1.82) is 0 Å². The smallest absolute Gasteiger partial charge is 0.119 e. The molecule has 1 atom stereocenters. The highest BCUT2D eigenvalue weighted by Crippen LogP contribution is 2.12. The first-order chi connectivity index (χ1) is 7.26. The van der Waals surface area contributed by atoms with Crippen molar-refractivity contribution in [2.75, 3.05) is 13.2 Å². The van der Waals surface area contributed by atoms with Crippen LogP contribution in [0, 0.1) is 0 Å². The van der Waals surface area contributed by atoms with Crippen molar-refractivity contribution in [2.24, 2.45) is 0 Å². The quantitative estimate of drug-likeness (QED) is 0.745. The van der Waals surface area contributed by atoms with Gasteiger partial charge in [0, 0.05) is 6.61 Å². The van der Waals surface area contributed by atoms with Crippen molar-refractivity contribution < 1.29 is 14.9 Å². The van der Waals surface area contributed by atoms with Gasteiger partial charge in [0.25, 0.3) is 0 Å². The number of rotatable bonds is 6. The summed E-state index contributed by atoms with van der Waals surface area (Å²) in [6.45, 7) is 2.41. The summed E-state index contributed by atoms with van der Waals surface area (Å²) in [5.74, 6) is 0.754. The maximum absolute atomic E-state index is 9.30. The number of hydrogen-bond acceptors (Lipinski definition) is 3. The molecule has 1 aromatic carbocycles. The molecule has 0 radical (unpaired) electrons. The highest BCUT2D eigenvalue weighted by molar-refractivity contribution is 5.27. The zero-order valence-electron chi connectivity index (χ0n) is 9.02. The molecule has 2 N–H and O–H groups in total. The Bertz CT molecular complexity index is 269. The van der Waals surface area contributed by atoms with E-state index >= 15 is 0 Å². The topological polar surface area (TPSA) is 49.7 Å². The van der Waals surface area contributed by atoms with Crippen LogP contribution in [0.2, 0.25) is 0 Å². The lowest BCUT2D eigenvalue weighted by Gasteiger charge is -2.10. The molecule has 0 aliphatic carbocycles. The Morgan fingerprint density at radius 3 is 2.47 bits per heavy atom. The summed E-state index contributed by atoms with van der Waals surface area (Å²) in [5.41, 5.74) is 1.08. The van der Waals surface area contributed by atoms with E-state index < -0.39 is 6.10 Å². The third-order valence-corrected chi connectivity index (χ3v) is 2.24. The second kappa shape index (κ2) is 6.43. The van der Waals surface area contributed by atoms with E-state index in [2.05, 4.69) is 0 Å². The molecule has 0 heterocycles. The molecule has 0 aromatic heterocycles. The molecule has 0 amide bonds. The van der Waals surface area contributed by atoms with Gasteiger partial charge in [0.05, 0.1) is 6.10 Å². The molecule has 0 aliphatic heterocycles. The van der Waals surface area contributed by atoms with Crippen LogP contribution in [0.4, 0.5) is 0 Å². The van der Waals surface area contributed by atoms with Crippen LogP contribution in [0.3, 0.4) is 0 Å². The zero-order valence-corrected chi connectivity index (χ0v) is 9.02. The summed E-state index contributed by atoms with van der Waals surface area (Å²) in [6, 6.07) is 7.55. The average Bonchev–Trinajstić information content (AvgIpc) is 2.28. The van der Waals surface area contributed by atoms with Crippen molar-refractivity contribution in [3.63, 3.8) is 0 Å². The molecule has 0 aliphatic rings. The van der Waals surface area contributed by atoms with Gasteiger partial charge in [0.2, 0.25) is 0 Å². The molecule has 0 saturated heterocycles. The van der Waals surface area contributed by atoms with Crippen molar-refractivity contribution in [1.82, 2.24) is 0 Å². The first-order valence-corrected chi connectivity index (χ1v) is 5.27. The molecule has 0 fully saturated rings. The Hall–Kier alpha value is -1.06. The summed E-state index contributed by atoms with van der Waals surface area (Å²) >= 11 is 0. The molecule has 84 valence electrons. The van der Waals surface area contributed by atoms with Crippen LogP contribution < -0.4 is 4.74 Å². The van der Waals surface area contributed by atoms with Gasteiger partial charge in [-0.15, -0.1) is 0 Å². The first kappa shape index (κ1) is 12.0. The molecule has 1 rings (SSSR count). The normalized spacial score (nSPS) is 12.5. The Balaban J connectivity index is 2.42. The first-order valence-electron chi connectivity index (χ1n) is 5.27. The average molecular weight is 210 g/mol. The monoisotopic (exact) mass is 210 g/mol. The van der Waals surface area contributed by atoms with E-state index in [1.807, 2.05) is 31.2 Å². The molecule has 0 spiro atoms. The highest BCUT2D eigenvalue weighted by atomic mass is 16.5. The zero-order chi connectivity index (χ0) is 11.1. The van der Waals surface area contributed by atoms with Gasteiger partial charge in [0.1, 0.15) is 12.4 Å². The molecule has 3 heteroatoms. The van der Waals surface area contributed by atoms with Crippen molar-refractivity contribution in [2.45, 2.75) is 25.9 Å². The molecule has 3 nitrogen and oxygen atoms in total. The molecular formula is C12H18O3. The second-order valence-electron chi connectivity index (χ2n) is 3.49. The van der Waals surface area contributed by atoms with Gasteiger partial charge in [-0.3, -0.25) is 0 Å². The maximum Gasteiger partial charge on any atom is 0.119 e. The SMILES string of the molecule is CCC(O)COc1ccc(CCO)cc1. The fourth-order valence-electron chi connectivity index (χ4n) is 1.19. The maximum atomic E-state index is 9.30. The molecule has 1 unspecified atom stereocenters. The fraction of sp³-hybridized carbons (Fsp3) is 0.500. The Kier molecular flexibility index (Phi) is 5.15. The Morgan fingerprint density at radius 2 is 1.93 bits per heavy atom. The minimum absolute atomic E-state index is 0.161. The van der Waals surface area contributed by atoms with Crippen LogP contribution in [0.1, 0.15) is 18.9 Å². The van der Waals surface area contributed by atoms with Crippen LogP contribution >= 0.6 is 0 Å². The van der Waals surface area contributed by atoms with E-state index in [1.165, 1.54) is 0 Å². The summed E-state index contributed by atoms with van der Waals surface area (Å²) in [6.07, 6.45) is 0.961. The van der Waals surface area contributed by atoms with E-state index in [1.54, 1.807) is 0 Å². The van der Waals surface area contributed by atoms with Crippen molar-refractivity contribution >= 4 is 0 Å². The summed E-state index contributed by atoms with van der Waals surface area (Å²) in [5, 5.41) is 18.0. The molecule has 0 saturated carbocycles. The van der Waals surface area contributed by atoms with Gasteiger partial charge in [-0.05, 0) is 30.5 Å². The highest BCUT2D eigenvalue weighted by Gasteiger charge is 2.01. The van der Waals surface area contributed by atoms with Gasteiger partial charge in [-0.1, -0.05) is 19.1 Å². The van der Waals surface area contributed by atoms with Gasteiger partial charge in [0.15, 0.2) is 0 Å². The fourth-order valence-corrected chi connectivity index (χ4v) is 1.19. The second-order valence-corrected chi connectivity index (χ2v) is 3.49. The third kappa shape index (κ3) is 4.32. The van der Waals surface area contributed by atoms with Crippen LogP contribution in [-0.2, 0) is 6.42 Å². The van der Waals surface area contributed by atoms with Gasteiger partial charge < -0.3 is 14.9 Å².